The number of benzene rings is 2. The number of hydrogen-bond acceptors (Lipinski definition) is 5. The van der Waals surface area contributed by atoms with Crippen molar-refractivity contribution < 1.29 is 28.6 Å². The molecule has 4 N–H and O–H groups in total. The first-order valence-corrected chi connectivity index (χ1v) is 12.6. The Bertz CT molecular complexity index is 1140. The van der Waals surface area contributed by atoms with Gasteiger partial charge in [0.15, 0.2) is 5.75 Å². The number of nitrogens with zero attached hydrogens (tertiary/aromatic N) is 2. The fraction of sp³-hybridized carbons (Fsp3) is 0.444. The lowest BCUT2D eigenvalue weighted by atomic mass is 9.99. The quantitative estimate of drug-likeness (QED) is 0.435. The Morgan fingerprint density at radius 1 is 1.16 bits per heavy atom. The molecule has 0 fully saturated rings. The van der Waals surface area contributed by atoms with Gasteiger partial charge in [-0.1, -0.05) is 13.0 Å². The van der Waals surface area contributed by atoms with E-state index < -0.39 is 24.0 Å². The van der Waals surface area contributed by atoms with Crippen molar-refractivity contribution in [3.8, 4) is 5.75 Å². The molecule has 5 amide bonds. The van der Waals surface area contributed by atoms with Crippen LogP contribution in [-0.2, 0) is 0 Å². The van der Waals surface area contributed by atoms with Crippen LogP contribution in [-0.4, -0.2) is 77.8 Å². The molecule has 0 bridgehead atoms. The predicted molar refractivity (Wildman–Crippen MR) is 143 cm³/mol. The number of halogens is 1. The summed E-state index contributed by atoms with van der Waals surface area (Å²) in [5.41, 5.74) is 0.850. The first-order valence-electron chi connectivity index (χ1n) is 12.6. The number of aliphatic hydroxyl groups excluding tert-OH is 1. The number of fused-ring (bicyclic) bond motifs is 1. The van der Waals surface area contributed by atoms with Gasteiger partial charge in [0.2, 0.25) is 0 Å². The molecule has 0 saturated heterocycles. The van der Waals surface area contributed by atoms with Gasteiger partial charge in [0.05, 0.1) is 30.4 Å². The maximum absolute atomic E-state index is 13.6. The van der Waals surface area contributed by atoms with Crippen molar-refractivity contribution in [2.24, 2.45) is 5.92 Å². The van der Waals surface area contributed by atoms with Gasteiger partial charge in [-0.15, -0.1) is 0 Å². The Morgan fingerprint density at radius 2 is 1.84 bits per heavy atom. The summed E-state index contributed by atoms with van der Waals surface area (Å²) in [4.78, 5) is 42.0. The van der Waals surface area contributed by atoms with Gasteiger partial charge in [0, 0.05) is 31.2 Å². The molecular formula is C27H36FN5O5. The predicted octanol–water partition coefficient (Wildman–Crippen LogP) is 3.74. The third-order valence-corrected chi connectivity index (χ3v) is 6.25. The molecule has 206 valence electrons. The summed E-state index contributed by atoms with van der Waals surface area (Å²) in [7, 11) is 1.66. The maximum Gasteiger partial charge on any atom is 0.323 e. The molecule has 1 heterocycles. The van der Waals surface area contributed by atoms with Crippen LogP contribution in [0, 0.1) is 11.7 Å². The Labute approximate surface area is 222 Å². The molecule has 10 nitrogen and oxygen atoms in total. The Morgan fingerprint density at radius 3 is 2.47 bits per heavy atom. The van der Waals surface area contributed by atoms with E-state index >= 15 is 0 Å². The normalized spacial score (nSPS) is 18.0. The van der Waals surface area contributed by atoms with Gasteiger partial charge in [-0.3, -0.25) is 4.79 Å². The van der Waals surface area contributed by atoms with Crippen LogP contribution in [0.4, 0.5) is 25.4 Å². The summed E-state index contributed by atoms with van der Waals surface area (Å²) in [6, 6.07) is 8.75. The molecule has 0 saturated carbocycles. The van der Waals surface area contributed by atoms with Crippen molar-refractivity contribution in [3.63, 3.8) is 0 Å². The number of rotatable bonds is 7. The standard InChI is InChI=1S/C27H36FN5O5/c1-16(2)29-27(37)32(5)14-23-17(3)13-33(18(4)15-34)25(35)21-7-6-8-22(24(21)38-23)31-26(36)30-20-11-9-19(28)10-12-20/h6-12,16-18,23,34H,13-15H2,1-5H3,(H,29,37)(H2,30,31,36)/t17-,18+,23-/m1/s1. The fourth-order valence-corrected chi connectivity index (χ4v) is 4.09. The number of carbonyl (C=O) groups is 3. The summed E-state index contributed by atoms with van der Waals surface area (Å²) < 4.78 is 19.6. The molecule has 0 radical (unpaired) electrons. The molecule has 3 atom stereocenters. The largest absolute Gasteiger partial charge is 0.485 e. The molecule has 0 unspecified atom stereocenters. The topological polar surface area (TPSA) is 123 Å². The highest BCUT2D eigenvalue weighted by molar-refractivity contribution is 6.04. The molecule has 2 aromatic rings. The second-order valence-electron chi connectivity index (χ2n) is 9.88. The number of ether oxygens (including phenoxy) is 1. The number of amides is 5. The monoisotopic (exact) mass is 529 g/mol. The number of likely N-dealkylation sites (N-methyl/N-ethyl adjacent to an activating group) is 1. The SMILES string of the molecule is CC(C)NC(=O)N(C)C[C@H]1Oc2c(NC(=O)Nc3ccc(F)cc3)cccc2C(=O)N([C@@H](C)CO)C[C@H]1C. The highest BCUT2D eigenvalue weighted by Crippen LogP contribution is 2.35. The average molecular weight is 530 g/mol. The summed E-state index contributed by atoms with van der Waals surface area (Å²) in [5, 5.41) is 18.0. The van der Waals surface area contributed by atoms with Crippen LogP contribution in [0.15, 0.2) is 42.5 Å². The summed E-state index contributed by atoms with van der Waals surface area (Å²) in [5.74, 6) is -0.839. The molecule has 11 heteroatoms. The van der Waals surface area contributed by atoms with E-state index in [4.69, 9.17) is 4.74 Å². The minimum Gasteiger partial charge on any atom is -0.485 e. The van der Waals surface area contributed by atoms with Gasteiger partial charge in [0.1, 0.15) is 11.9 Å². The van der Waals surface area contributed by atoms with E-state index in [-0.39, 0.29) is 54.1 Å². The third kappa shape index (κ3) is 7.12. The van der Waals surface area contributed by atoms with Crippen LogP contribution in [0.1, 0.15) is 38.1 Å². The minimum atomic E-state index is -0.610. The molecule has 2 aromatic carbocycles. The smallest absolute Gasteiger partial charge is 0.323 e. The lowest BCUT2D eigenvalue weighted by Crippen LogP contribution is -2.51. The first kappa shape index (κ1) is 28.7. The van der Waals surface area contributed by atoms with Crippen LogP contribution >= 0.6 is 0 Å². The highest BCUT2D eigenvalue weighted by Gasteiger charge is 2.35. The van der Waals surface area contributed by atoms with Gasteiger partial charge in [-0.05, 0) is 57.2 Å². The van der Waals surface area contributed by atoms with E-state index in [2.05, 4.69) is 16.0 Å². The van der Waals surface area contributed by atoms with Crippen molar-refractivity contribution in [2.75, 3.05) is 37.4 Å². The van der Waals surface area contributed by atoms with Gasteiger partial charge >= 0.3 is 12.1 Å². The molecule has 1 aliphatic heterocycles. The molecule has 3 rings (SSSR count). The summed E-state index contributed by atoms with van der Waals surface area (Å²) >= 11 is 0. The van der Waals surface area contributed by atoms with Gasteiger partial charge < -0.3 is 35.6 Å². The van der Waals surface area contributed by atoms with Crippen LogP contribution in [0.5, 0.6) is 5.75 Å². The van der Waals surface area contributed by atoms with E-state index in [0.29, 0.717) is 12.2 Å². The lowest BCUT2D eigenvalue weighted by molar-refractivity contribution is 0.0368. The van der Waals surface area contributed by atoms with Crippen LogP contribution in [0.25, 0.3) is 0 Å². The van der Waals surface area contributed by atoms with Gasteiger partial charge in [-0.2, -0.15) is 0 Å². The van der Waals surface area contributed by atoms with E-state index in [0.717, 1.165) is 0 Å². The number of nitrogens with one attached hydrogen (secondary N) is 3. The van der Waals surface area contributed by atoms with E-state index in [1.54, 1.807) is 37.1 Å². The van der Waals surface area contributed by atoms with Gasteiger partial charge in [-0.25, -0.2) is 14.0 Å². The van der Waals surface area contributed by atoms with Crippen LogP contribution in [0.3, 0.4) is 0 Å². The molecule has 0 spiro atoms. The van der Waals surface area contributed by atoms with E-state index in [1.165, 1.54) is 29.2 Å². The van der Waals surface area contributed by atoms with E-state index in [1.807, 2.05) is 20.8 Å². The zero-order valence-electron chi connectivity index (χ0n) is 22.3. The fourth-order valence-electron chi connectivity index (χ4n) is 4.09. The van der Waals surface area contributed by atoms with Crippen molar-refractivity contribution in [3.05, 3.63) is 53.8 Å². The number of carbonyl (C=O) groups excluding carboxylic acids is 3. The zero-order valence-corrected chi connectivity index (χ0v) is 22.3. The second-order valence-corrected chi connectivity index (χ2v) is 9.88. The molecule has 38 heavy (non-hydrogen) atoms. The van der Waals surface area contributed by atoms with Crippen molar-refractivity contribution in [2.45, 2.75) is 45.9 Å². The minimum absolute atomic E-state index is 0.0460. The third-order valence-electron chi connectivity index (χ3n) is 6.25. The van der Waals surface area contributed by atoms with Crippen molar-refractivity contribution in [1.29, 1.82) is 0 Å². The molecular weight excluding hydrogens is 493 g/mol. The Balaban J connectivity index is 1.95. The second kappa shape index (κ2) is 12.6. The summed E-state index contributed by atoms with van der Waals surface area (Å²) in [6.45, 7) is 7.68. The van der Waals surface area contributed by atoms with Crippen LogP contribution in [0.2, 0.25) is 0 Å². The lowest BCUT2D eigenvalue weighted by Gasteiger charge is -2.38. The van der Waals surface area contributed by atoms with Crippen LogP contribution < -0.4 is 20.7 Å². The molecule has 0 aromatic heterocycles. The molecule has 1 aliphatic rings. The Kier molecular flexibility index (Phi) is 9.51. The highest BCUT2D eigenvalue weighted by atomic mass is 19.1. The number of anilines is 2. The number of urea groups is 2. The Hall–Kier alpha value is -3.86. The number of aliphatic hydroxyl groups is 1. The number of para-hydroxylation sites is 1. The van der Waals surface area contributed by atoms with Crippen molar-refractivity contribution >= 4 is 29.3 Å². The maximum atomic E-state index is 13.6. The first-order chi connectivity index (χ1) is 18.0. The molecule has 0 aliphatic carbocycles. The average Bonchev–Trinajstić information content (AvgIpc) is 2.86. The van der Waals surface area contributed by atoms with E-state index in [9.17, 15) is 23.9 Å². The zero-order chi connectivity index (χ0) is 28.0. The summed E-state index contributed by atoms with van der Waals surface area (Å²) in [6.07, 6.45) is -0.540. The van der Waals surface area contributed by atoms with Gasteiger partial charge in [0.25, 0.3) is 5.91 Å². The van der Waals surface area contributed by atoms with Crippen molar-refractivity contribution in [1.82, 2.24) is 15.1 Å². The number of hydrogen-bond donors (Lipinski definition) is 4.